The Kier molecular flexibility index (Phi) is 9.50. The summed E-state index contributed by atoms with van der Waals surface area (Å²) in [4.78, 5) is 29.9. The van der Waals surface area contributed by atoms with Crippen molar-refractivity contribution in [2.75, 3.05) is 6.61 Å². The maximum atomic E-state index is 13.9. The van der Waals surface area contributed by atoms with Gasteiger partial charge in [-0.05, 0) is 36.0 Å². The second kappa shape index (κ2) is 12.6. The van der Waals surface area contributed by atoms with Gasteiger partial charge in [0.15, 0.2) is 5.69 Å². The van der Waals surface area contributed by atoms with E-state index < -0.39 is 39.4 Å². The van der Waals surface area contributed by atoms with Crippen molar-refractivity contribution in [2.45, 2.75) is 58.0 Å². The monoisotopic (exact) mass is 538 g/mol. The van der Waals surface area contributed by atoms with E-state index in [9.17, 15) is 33.4 Å². The first-order valence-corrected chi connectivity index (χ1v) is 12.5. The Balaban J connectivity index is 1.91. The summed E-state index contributed by atoms with van der Waals surface area (Å²) in [6.07, 6.45) is 3.04. The molecule has 0 saturated carbocycles. The van der Waals surface area contributed by atoms with E-state index in [4.69, 9.17) is 4.74 Å². The number of benzene rings is 1. The fourth-order valence-electron chi connectivity index (χ4n) is 3.74. The van der Waals surface area contributed by atoms with Crippen molar-refractivity contribution in [3.63, 3.8) is 0 Å². The van der Waals surface area contributed by atoms with Gasteiger partial charge in [-0.2, -0.15) is 13.2 Å². The molecule has 0 aliphatic rings. The van der Waals surface area contributed by atoms with Crippen molar-refractivity contribution >= 4 is 22.0 Å². The summed E-state index contributed by atoms with van der Waals surface area (Å²) in [5.41, 5.74) is -1.65. The average molecular weight is 539 g/mol. The molecule has 0 aliphatic heterocycles. The largest absolute Gasteiger partial charge is 0.493 e. The standard InChI is InChI=1S/C24H25F3N4O5S/c1-2-3-4-5-6-7-11-36-20-14-19(30(32)33)17(12-18(20)24(25,26)27)13-21-29-22(23(37-21)31(34)35)16-9-8-10-28-15-16/h8-10,12,14-15H,2-7,11,13H2,1H3. The molecule has 37 heavy (non-hydrogen) atoms. The molecule has 0 aliphatic carbocycles. The number of ether oxygens (including phenoxy) is 1. The summed E-state index contributed by atoms with van der Waals surface area (Å²) in [6.45, 7) is 2.08. The van der Waals surface area contributed by atoms with Gasteiger partial charge in [-0.25, -0.2) is 4.98 Å². The van der Waals surface area contributed by atoms with Crippen molar-refractivity contribution < 1.29 is 27.8 Å². The fourth-order valence-corrected chi connectivity index (χ4v) is 4.66. The highest BCUT2D eigenvalue weighted by Crippen LogP contribution is 2.42. The molecule has 0 radical (unpaired) electrons. The number of nitrogens with zero attached hydrogens (tertiary/aromatic N) is 4. The van der Waals surface area contributed by atoms with Crippen LogP contribution in [-0.2, 0) is 12.6 Å². The fraction of sp³-hybridized carbons (Fsp3) is 0.417. The predicted octanol–water partition coefficient (Wildman–Crippen LogP) is 7.37. The van der Waals surface area contributed by atoms with Crippen LogP contribution in [0.2, 0.25) is 0 Å². The van der Waals surface area contributed by atoms with Crippen LogP contribution in [-0.4, -0.2) is 26.4 Å². The smallest absolute Gasteiger partial charge is 0.419 e. The summed E-state index contributed by atoms with van der Waals surface area (Å²) in [7, 11) is 0. The number of unbranched alkanes of at least 4 members (excludes halogenated alkanes) is 5. The van der Waals surface area contributed by atoms with Crippen LogP contribution in [0, 0.1) is 20.2 Å². The number of nitro groups is 2. The van der Waals surface area contributed by atoms with Crippen molar-refractivity contribution in [3.8, 4) is 17.0 Å². The van der Waals surface area contributed by atoms with Crippen LogP contribution in [0.1, 0.15) is 61.6 Å². The Morgan fingerprint density at radius 1 is 1.05 bits per heavy atom. The molecule has 13 heteroatoms. The van der Waals surface area contributed by atoms with E-state index in [1.165, 1.54) is 12.4 Å². The minimum Gasteiger partial charge on any atom is -0.493 e. The van der Waals surface area contributed by atoms with E-state index in [2.05, 4.69) is 16.9 Å². The minimum absolute atomic E-state index is 0.00114. The van der Waals surface area contributed by atoms with Crippen LogP contribution in [0.4, 0.5) is 23.9 Å². The molecule has 198 valence electrons. The Hall–Kier alpha value is -3.61. The van der Waals surface area contributed by atoms with Crippen LogP contribution in [0.5, 0.6) is 5.75 Å². The maximum Gasteiger partial charge on any atom is 0.419 e. The van der Waals surface area contributed by atoms with Gasteiger partial charge in [-0.1, -0.05) is 39.0 Å². The molecule has 0 amide bonds. The normalized spacial score (nSPS) is 11.5. The zero-order valence-electron chi connectivity index (χ0n) is 20.0. The second-order valence-corrected chi connectivity index (χ2v) is 9.35. The van der Waals surface area contributed by atoms with Crippen LogP contribution in [0.25, 0.3) is 11.3 Å². The molecule has 0 spiro atoms. The first kappa shape index (κ1) is 28.0. The molecular formula is C24H25F3N4O5S. The van der Waals surface area contributed by atoms with Gasteiger partial charge in [0.1, 0.15) is 10.8 Å². The summed E-state index contributed by atoms with van der Waals surface area (Å²) < 4.78 is 46.9. The lowest BCUT2D eigenvalue weighted by atomic mass is 10.0. The number of thiazole rings is 1. The highest BCUT2D eigenvalue weighted by Gasteiger charge is 2.37. The number of alkyl halides is 3. The van der Waals surface area contributed by atoms with E-state index in [-0.39, 0.29) is 27.9 Å². The lowest BCUT2D eigenvalue weighted by Crippen LogP contribution is -2.12. The van der Waals surface area contributed by atoms with E-state index >= 15 is 0 Å². The number of halogens is 3. The van der Waals surface area contributed by atoms with Gasteiger partial charge in [0.25, 0.3) is 5.69 Å². The van der Waals surface area contributed by atoms with Gasteiger partial charge >= 0.3 is 11.2 Å². The molecular weight excluding hydrogens is 513 g/mol. The minimum atomic E-state index is -4.82. The molecule has 0 fully saturated rings. The van der Waals surface area contributed by atoms with Gasteiger partial charge in [0, 0.05) is 29.9 Å². The quantitative estimate of drug-likeness (QED) is 0.126. The molecule has 0 unspecified atom stereocenters. The van der Waals surface area contributed by atoms with Crippen LogP contribution >= 0.6 is 11.3 Å². The SMILES string of the molecule is CCCCCCCCOc1cc([N+](=O)[O-])c(Cc2nc(-c3cccnc3)c([N+](=O)[O-])s2)cc1C(F)(F)F. The third-order valence-corrected chi connectivity index (χ3v) is 6.54. The van der Waals surface area contributed by atoms with Crippen molar-refractivity contribution in [1.29, 1.82) is 0 Å². The third kappa shape index (κ3) is 7.44. The van der Waals surface area contributed by atoms with Gasteiger partial charge in [0.05, 0.1) is 28.1 Å². The lowest BCUT2D eigenvalue weighted by Gasteiger charge is -2.15. The zero-order valence-corrected chi connectivity index (χ0v) is 20.8. The van der Waals surface area contributed by atoms with E-state index in [1.807, 2.05) is 0 Å². The van der Waals surface area contributed by atoms with Gasteiger partial charge < -0.3 is 4.74 Å². The van der Waals surface area contributed by atoms with Crippen molar-refractivity contribution in [3.05, 3.63) is 73.0 Å². The Morgan fingerprint density at radius 3 is 2.41 bits per heavy atom. The van der Waals surface area contributed by atoms with Crippen LogP contribution in [0.3, 0.4) is 0 Å². The number of pyridine rings is 1. The molecule has 2 aromatic heterocycles. The van der Waals surface area contributed by atoms with Gasteiger partial charge in [0.2, 0.25) is 0 Å². The zero-order chi connectivity index (χ0) is 27.0. The number of hydrogen-bond donors (Lipinski definition) is 0. The third-order valence-electron chi connectivity index (χ3n) is 5.53. The Labute approximate surface area is 214 Å². The molecule has 0 N–H and O–H groups in total. The molecule has 0 atom stereocenters. The van der Waals surface area contributed by atoms with Gasteiger partial charge in [-0.15, -0.1) is 0 Å². The highest BCUT2D eigenvalue weighted by atomic mass is 32.1. The Morgan fingerprint density at radius 2 is 1.78 bits per heavy atom. The lowest BCUT2D eigenvalue weighted by molar-refractivity contribution is -0.385. The Bertz CT molecular complexity index is 1240. The summed E-state index contributed by atoms with van der Waals surface area (Å²) in [6, 6.07) is 4.56. The summed E-state index contributed by atoms with van der Waals surface area (Å²) in [5, 5.41) is 23.0. The number of rotatable bonds is 13. The van der Waals surface area contributed by atoms with Gasteiger partial charge in [-0.3, -0.25) is 25.2 Å². The molecule has 2 heterocycles. The number of hydrogen-bond acceptors (Lipinski definition) is 8. The van der Waals surface area contributed by atoms with Crippen LogP contribution < -0.4 is 4.74 Å². The maximum absolute atomic E-state index is 13.9. The molecule has 3 aromatic rings. The van der Waals surface area contributed by atoms with E-state index in [1.54, 1.807) is 12.1 Å². The topological polar surface area (TPSA) is 121 Å². The number of nitro benzene ring substituents is 1. The first-order chi connectivity index (χ1) is 17.6. The molecule has 0 saturated heterocycles. The molecule has 0 bridgehead atoms. The van der Waals surface area contributed by atoms with E-state index in [0.29, 0.717) is 29.4 Å². The summed E-state index contributed by atoms with van der Waals surface area (Å²) >= 11 is 0.647. The van der Waals surface area contributed by atoms with Crippen molar-refractivity contribution in [1.82, 2.24) is 9.97 Å². The second-order valence-electron chi connectivity index (χ2n) is 8.29. The highest BCUT2D eigenvalue weighted by molar-refractivity contribution is 7.15. The van der Waals surface area contributed by atoms with Crippen molar-refractivity contribution in [2.24, 2.45) is 0 Å². The predicted molar refractivity (Wildman–Crippen MR) is 132 cm³/mol. The number of aromatic nitrogens is 2. The molecule has 9 nitrogen and oxygen atoms in total. The van der Waals surface area contributed by atoms with E-state index in [0.717, 1.165) is 38.2 Å². The van der Waals surface area contributed by atoms with Crippen LogP contribution in [0.15, 0.2) is 36.7 Å². The molecule has 1 aromatic carbocycles. The first-order valence-electron chi connectivity index (χ1n) is 11.7. The summed E-state index contributed by atoms with van der Waals surface area (Å²) in [5.74, 6) is -0.613. The average Bonchev–Trinajstić information content (AvgIpc) is 3.28. The molecule has 3 rings (SSSR count).